The van der Waals surface area contributed by atoms with E-state index in [4.69, 9.17) is 22.6 Å². The monoisotopic (exact) mass is 205 g/mol. The van der Waals surface area contributed by atoms with Gasteiger partial charge in [-0.15, -0.1) is 0 Å². The van der Waals surface area contributed by atoms with Crippen molar-refractivity contribution in [2.45, 2.75) is 6.42 Å². The SMILES string of the molecule is N#CCc1c[nH]c2c(Cl)ccc(N)c12. The van der Waals surface area contributed by atoms with Crippen molar-refractivity contribution in [3.63, 3.8) is 0 Å². The molecule has 0 unspecified atom stereocenters. The summed E-state index contributed by atoms with van der Waals surface area (Å²) in [5.41, 5.74) is 8.16. The summed E-state index contributed by atoms with van der Waals surface area (Å²) in [6.45, 7) is 0. The highest BCUT2D eigenvalue weighted by atomic mass is 35.5. The number of nitrogen functional groups attached to an aromatic ring is 1. The summed E-state index contributed by atoms with van der Waals surface area (Å²) in [6.07, 6.45) is 2.11. The number of rotatable bonds is 1. The third-order valence-electron chi connectivity index (χ3n) is 2.17. The van der Waals surface area contributed by atoms with Gasteiger partial charge in [-0.2, -0.15) is 5.26 Å². The minimum absolute atomic E-state index is 0.338. The molecule has 14 heavy (non-hydrogen) atoms. The third-order valence-corrected chi connectivity index (χ3v) is 2.48. The van der Waals surface area contributed by atoms with Crippen molar-refractivity contribution in [2.75, 3.05) is 5.73 Å². The molecular weight excluding hydrogens is 198 g/mol. The van der Waals surface area contributed by atoms with Crippen LogP contribution in [0.15, 0.2) is 18.3 Å². The number of nitrogens with zero attached hydrogens (tertiary/aromatic N) is 1. The molecule has 0 radical (unpaired) electrons. The van der Waals surface area contributed by atoms with Gasteiger partial charge in [0.15, 0.2) is 0 Å². The van der Waals surface area contributed by atoms with E-state index in [1.807, 2.05) is 0 Å². The summed E-state index contributed by atoms with van der Waals surface area (Å²) in [4.78, 5) is 3.02. The Morgan fingerprint density at radius 2 is 2.29 bits per heavy atom. The van der Waals surface area contributed by atoms with Gasteiger partial charge in [-0.1, -0.05) is 11.6 Å². The number of fused-ring (bicyclic) bond motifs is 1. The third kappa shape index (κ3) is 1.21. The highest BCUT2D eigenvalue weighted by Crippen LogP contribution is 2.30. The molecule has 3 N–H and O–H groups in total. The summed E-state index contributed by atoms with van der Waals surface area (Å²) in [5, 5.41) is 10.1. The van der Waals surface area contributed by atoms with Crippen molar-refractivity contribution >= 4 is 28.2 Å². The van der Waals surface area contributed by atoms with Crippen LogP contribution in [0, 0.1) is 11.3 Å². The van der Waals surface area contributed by atoms with Gasteiger partial charge in [-0.3, -0.25) is 0 Å². The molecule has 0 bridgehead atoms. The number of benzene rings is 1. The molecule has 1 aromatic heterocycles. The van der Waals surface area contributed by atoms with Crippen LogP contribution in [0.2, 0.25) is 5.02 Å². The Hall–Kier alpha value is -1.66. The number of aromatic nitrogens is 1. The zero-order valence-corrected chi connectivity index (χ0v) is 8.10. The number of hydrogen-bond donors (Lipinski definition) is 2. The van der Waals surface area contributed by atoms with Gasteiger partial charge >= 0.3 is 0 Å². The van der Waals surface area contributed by atoms with E-state index in [1.165, 1.54) is 0 Å². The van der Waals surface area contributed by atoms with E-state index < -0.39 is 0 Å². The highest BCUT2D eigenvalue weighted by molar-refractivity contribution is 6.35. The van der Waals surface area contributed by atoms with Gasteiger partial charge in [-0.05, 0) is 17.7 Å². The second kappa shape index (κ2) is 3.24. The van der Waals surface area contributed by atoms with Crippen molar-refractivity contribution in [2.24, 2.45) is 0 Å². The van der Waals surface area contributed by atoms with Gasteiger partial charge in [0, 0.05) is 17.3 Å². The number of anilines is 1. The Kier molecular flexibility index (Phi) is 2.06. The van der Waals surface area contributed by atoms with E-state index in [1.54, 1.807) is 18.3 Å². The lowest BCUT2D eigenvalue weighted by Crippen LogP contribution is -1.88. The minimum atomic E-state index is 0.338. The molecule has 0 fully saturated rings. The number of nitrogens with two attached hydrogens (primary N) is 1. The van der Waals surface area contributed by atoms with Crippen LogP contribution < -0.4 is 5.73 Å². The molecule has 3 nitrogen and oxygen atoms in total. The van der Waals surface area contributed by atoms with Gasteiger partial charge in [0.1, 0.15) is 0 Å². The molecule has 2 aromatic rings. The summed E-state index contributed by atoms with van der Waals surface area (Å²) < 4.78 is 0. The van der Waals surface area contributed by atoms with Gasteiger partial charge in [0.25, 0.3) is 0 Å². The van der Waals surface area contributed by atoms with E-state index in [0.717, 1.165) is 16.5 Å². The summed E-state index contributed by atoms with van der Waals surface area (Å²) in [6, 6.07) is 5.58. The number of hydrogen-bond acceptors (Lipinski definition) is 2. The molecule has 70 valence electrons. The van der Waals surface area contributed by atoms with E-state index >= 15 is 0 Å². The van der Waals surface area contributed by atoms with E-state index in [0.29, 0.717) is 17.1 Å². The van der Waals surface area contributed by atoms with Crippen molar-refractivity contribution in [3.8, 4) is 6.07 Å². The Morgan fingerprint density at radius 1 is 1.50 bits per heavy atom. The number of nitriles is 1. The first-order chi connectivity index (χ1) is 6.74. The second-order valence-electron chi connectivity index (χ2n) is 3.04. The molecule has 0 aliphatic heterocycles. The largest absolute Gasteiger partial charge is 0.398 e. The summed E-state index contributed by atoms with van der Waals surface area (Å²) in [5.74, 6) is 0. The Bertz CT molecular complexity index is 522. The van der Waals surface area contributed by atoms with E-state index in [-0.39, 0.29) is 0 Å². The number of halogens is 1. The van der Waals surface area contributed by atoms with Crippen molar-refractivity contribution < 1.29 is 0 Å². The summed E-state index contributed by atoms with van der Waals surface area (Å²) >= 11 is 5.97. The van der Waals surface area contributed by atoms with Gasteiger partial charge < -0.3 is 10.7 Å². The number of H-pyrrole nitrogens is 1. The molecule has 1 aromatic carbocycles. The van der Waals surface area contributed by atoms with E-state index in [9.17, 15) is 0 Å². The van der Waals surface area contributed by atoms with Gasteiger partial charge in [0.05, 0.1) is 23.0 Å². The molecule has 0 saturated heterocycles. The van der Waals surface area contributed by atoms with Crippen molar-refractivity contribution in [1.82, 2.24) is 4.98 Å². The maximum atomic E-state index is 8.62. The molecule has 1 heterocycles. The predicted octanol–water partition coefficient (Wildman–Crippen LogP) is 2.47. The zero-order chi connectivity index (χ0) is 10.1. The van der Waals surface area contributed by atoms with Crippen molar-refractivity contribution in [3.05, 3.63) is 28.9 Å². The Morgan fingerprint density at radius 3 is 3.00 bits per heavy atom. The molecule has 0 spiro atoms. The fourth-order valence-corrected chi connectivity index (χ4v) is 1.75. The lowest BCUT2D eigenvalue weighted by molar-refractivity contribution is 1.28. The molecule has 0 aliphatic rings. The first-order valence-corrected chi connectivity index (χ1v) is 4.52. The molecule has 0 aliphatic carbocycles. The van der Waals surface area contributed by atoms with Crippen LogP contribution in [0.3, 0.4) is 0 Å². The number of aromatic amines is 1. The summed E-state index contributed by atoms with van der Waals surface area (Å²) in [7, 11) is 0. The van der Waals surface area contributed by atoms with Crippen LogP contribution in [-0.2, 0) is 6.42 Å². The molecule has 0 atom stereocenters. The van der Waals surface area contributed by atoms with Gasteiger partial charge in [-0.25, -0.2) is 0 Å². The predicted molar refractivity (Wildman–Crippen MR) is 57.0 cm³/mol. The topological polar surface area (TPSA) is 65.6 Å². The Labute approximate surface area is 86.1 Å². The molecule has 4 heteroatoms. The lowest BCUT2D eigenvalue weighted by Gasteiger charge is -1.99. The fourth-order valence-electron chi connectivity index (χ4n) is 1.54. The molecule has 0 amide bonds. The van der Waals surface area contributed by atoms with Crippen LogP contribution in [-0.4, -0.2) is 4.98 Å². The van der Waals surface area contributed by atoms with Crippen molar-refractivity contribution in [1.29, 1.82) is 5.26 Å². The second-order valence-corrected chi connectivity index (χ2v) is 3.44. The van der Waals surface area contributed by atoms with Crippen LogP contribution in [0.25, 0.3) is 10.9 Å². The highest BCUT2D eigenvalue weighted by Gasteiger charge is 2.08. The number of nitrogens with one attached hydrogen (secondary N) is 1. The van der Waals surface area contributed by atoms with Gasteiger partial charge in [0.2, 0.25) is 0 Å². The molecule has 2 rings (SSSR count). The quantitative estimate of drug-likeness (QED) is 0.703. The zero-order valence-electron chi connectivity index (χ0n) is 7.34. The standard InChI is InChI=1S/C10H8ClN3/c11-7-1-2-8(13)9-6(3-4-12)5-14-10(7)9/h1-2,5,14H,3,13H2. The van der Waals surface area contributed by atoms with Crippen LogP contribution in [0.5, 0.6) is 0 Å². The Balaban J connectivity index is 2.78. The lowest BCUT2D eigenvalue weighted by atomic mass is 10.1. The molecular formula is C10H8ClN3. The first kappa shape index (κ1) is 8.92. The average molecular weight is 206 g/mol. The maximum Gasteiger partial charge on any atom is 0.0670 e. The molecule has 0 saturated carbocycles. The average Bonchev–Trinajstić information content (AvgIpc) is 2.58. The maximum absolute atomic E-state index is 8.62. The normalized spacial score (nSPS) is 10.3. The van der Waals surface area contributed by atoms with Crippen LogP contribution in [0.1, 0.15) is 5.56 Å². The smallest absolute Gasteiger partial charge is 0.0670 e. The first-order valence-electron chi connectivity index (χ1n) is 4.15. The van der Waals surface area contributed by atoms with E-state index in [2.05, 4.69) is 11.1 Å². The van der Waals surface area contributed by atoms with Crippen LogP contribution in [0.4, 0.5) is 5.69 Å². The fraction of sp³-hybridized carbons (Fsp3) is 0.100. The van der Waals surface area contributed by atoms with Crippen LogP contribution >= 0.6 is 11.6 Å². The minimum Gasteiger partial charge on any atom is -0.398 e.